The minimum Gasteiger partial charge on any atom is -0.436 e. The number of anilines is 1. The summed E-state index contributed by atoms with van der Waals surface area (Å²) < 4.78 is 19.7. The van der Waals surface area contributed by atoms with Crippen molar-refractivity contribution in [3.8, 4) is 0 Å². The molecule has 1 aromatic carbocycles. The van der Waals surface area contributed by atoms with Crippen LogP contribution in [0.15, 0.2) is 12.1 Å². The van der Waals surface area contributed by atoms with Crippen molar-refractivity contribution in [2.75, 3.05) is 18.4 Å². The number of amides is 2. The third-order valence-corrected chi connectivity index (χ3v) is 4.04. The molecule has 0 aromatic heterocycles. The monoisotopic (exact) mass is 298 g/mol. The molecule has 1 fully saturated rings. The Morgan fingerprint density at radius 1 is 1.55 bits per heavy atom. The summed E-state index contributed by atoms with van der Waals surface area (Å²) in [5.41, 5.74) is -0.597. The Bertz CT molecular complexity index is 622. The van der Waals surface area contributed by atoms with E-state index >= 15 is 0 Å². The van der Waals surface area contributed by atoms with E-state index in [1.54, 1.807) is 6.07 Å². The van der Waals surface area contributed by atoms with E-state index in [0.29, 0.717) is 18.7 Å². The summed E-state index contributed by atoms with van der Waals surface area (Å²) in [6.07, 6.45) is -0.297. The molecule has 1 N–H and O–H groups in total. The fourth-order valence-electron chi connectivity index (χ4n) is 2.80. The third-order valence-electron chi connectivity index (χ3n) is 3.75. The molecule has 0 bridgehead atoms. The van der Waals surface area contributed by atoms with Gasteiger partial charge in [-0.1, -0.05) is 11.6 Å². The zero-order chi connectivity index (χ0) is 14.5. The number of hydrogen-bond donors (Lipinski definition) is 1. The van der Waals surface area contributed by atoms with E-state index in [4.69, 9.17) is 16.3 Å². The Labute approximate surface area is 119 Å². The SMILES string of the molecule is CC(=O)N1CCC2(C1)OC(=O)Nc1ccc(Cl)c(F)c12. The van der Waals surface area contributed by atoms with Gasteiger partial charge in [-0.3, -0.25) is 10.1 Å². The lowest BCUT2D eigenvalue weighted by atomic mass is 9.89. The molecule has 0 saturated carbocycles. The minimum atomic E-state index is -1.15. The van der Waals surface area contributed by atoms with Crippen LogP contribution in [0.25, 0.3) is 0 Å². The highest BCUT2D eigenvalue weighted by molar-refractivity contribution is 6.31. The van der Waals surface area contributed by atoms with Gasteiger partial charge in [-0.15, -0.1) is 0 Å². The predicted molar refractivity (Wildman–Crippen MR) is 70.1 cm³/mol. The maximum Gasteiger partial charge on any atom is 0.412 e. The van der Waals surface area contributed by atoms with Gasteiger partial charge in [-0.05, 0) is 12.1 Å². The molecule has 2 aliphatic heterocycles. The second kappa shape index (κ2) is 4.34. The summed E-state index contributed by atoms with van der Waals surface area (Å²) in [7, 11) is 0. The molecule has 5 nitrogen and oxygen atoms in total. The van der Waals surface area contributed by atoms with Crippen LogP contribution < -0.4 is 5.32 Å². The molecule has 2 aliphatic rings. The Morgan fingerprint density at radius 2 is 2.30 bits per heavy atom. The van der Waals surface area contributed by atoms with Crippen LogP contribution in [0.2, 0.25) is 5.02 Å². The van der Waals surface area contributed by atoms with Crippen molar-refractivity contribution in [3.05, 3.63) is 28.5 Å². The average Bonchev–Trinajstić information content (AvgIpc) is 2.78. The van der Waals surface area contributed by atoms with Gasteiger partial charge < -0.3 is 9.64 Å². The highest BCUT2D eigenvalue weighted by atomic mass is 35.5. The number of nitrogens with one attached hydrogen (secondary N) is 1. The number of fused-ring (bicyclic) bond motifs is 2. The van der Waals surface area contributed by atoms with E-state index in [1.165, 1.54) is 17.9 Å². The van der Waals surface area contributed by atoms with Crippen molar-refractivity contribution in [1.82, 2.24) is 4.90 Å². The lowest BCUT2D eigenvalue weighted by Gasteiger charge is -2.35. The number of halogens is 2. The molecule has 1 unspecified atom stereocenters. The smallest absolute Gasteiger partial charge is 0.412 e. The molecular formula is C13H12ClFN2O3. The number of benzene rings is 1. The molecule has 1 atom stereocenters. The van der Waals surface area contributed by atoms with Crippen LogP contribution in [0.3, 0.4) is 0 Å². The summed E-state index contributed by atoms with van der Waals surface area (Å²) in [5.74, 6) is -0.755. The number of rotatable bonds is 0. The first-order chi connectivity index (χ1) is 9.43. The van der Waals surface area contributed by atoms with Gasteiger partial charge in [0.15, 0.2) is 11.4 Å². The molecule has 20 heavy (non-hydrogen) atoms. The molecule has 3 rings (SSSR count). The number of hydrogen-bond acceptors (Lipinski definition) is 3. The Balaban J connectivity index is 2.13. The van der Waals surface area contributed by atoms with Crippen LogP contribution in [0.4, 0.5) is 14.9 Å². The molecule has 0 aliphatic carbocycles. The lowest BCUT2D eigenvalue weighted by molar-refractivity contribution is -0.128. The van der Waals surface area contributed by atoms with Gasteiger partial charge in [0, 0.05) is 19.9 Å². The zero-order valence-electron chi connectivity index (χ0n) is 10.7. The van der Waals surface area contributed by atoms with E-state index in [1.807, 2.05) is 0 Å². The zero-order valence-corrected chi connectivity index (χ0v) is 11.5. The molecule has 1 saturated heterocycles. The van der Waals surface area contributed by atoms with Crippen molar-refractivity contribution in [3.63, 3.8) is 0 Å². The summed E-state index contributed by atoms with van der Waals surface area (Å²) in [4.78, 5) is 24.7. The van der Waals surface area contributed by atoms with Crippen LogP contribution >= 0.6 is 11.6 Å². The first-order valence-electron chi connectivity index (χ1n) is 6.17. The van der Waals surface area contributed by atoms with Crippen LogP contribution in [0.1, 0.15) is 18.9 Å². The lowest BCUT2D eigenvalue weighted by Crippen LogP contribution is -2.43. The molecule has 106 valence electrons. The highest BCUT2D eigenvalue weighted by Crippen LogP contribution is 2.45. The third kappa shape index (κ3) is 1.83. The molecule has 1 spiro atoms. The quantitative estimate of drug-likeness (QED) is 0.800. The van der Waals surface area contributed by atoms with Gasteiger partial charge in [-0.2, -0.15) is 0 Å². The van der Waals surface area contributed by atoms with Gasteiger partial charge in [-0.25, -0.2) is 9.18 Å². The number of carbonyl (C=O) groups excluding carboxylic acids is 2. The fraction of sp³-hybridized carbons (Fsp3) is 0.385. The average molecular weight is 299 g/mol. The van der Waals surface area contributed by atoms with E-state index < -0.39 is 17.5 Å². The Hall–Kier alpha value is -1.82. The first kappa shape index (κ1) is 13.2. The molecule has 2 amide bonds. The predicted octanol–water partition coefficient (Wildman–Crippen LogP) is 2.49. The maximum atomic E-state index is 14.4. The second-order valence-corrected chi connectivity index (χ2v) is 5.39. The van der Waals surface area contributed by atoms with Crippen LogP contribution in [-0.2, 0) is 15.1 Å². The Kier molecular flexibility index (Phi) is 2.86. The van der Waals surface area contributed by atoms with Crippen LogP contribution in [-0.4, -0.2) is 30.0 Å². The van der Waals surface area contributed by atoms with E-state index in [2.05, 4.69) is 5.32 Å². The van der Waals surface area contributed by atoms with Crippen molar-refractivity contribution < 1.29 is 18.7 Å². The molecule has 7 heteroatoms. The molecular weight excluding hydrogens is 287 g/mol. The maximum absolute atomic E-state index is 14.4. The van der Waals surface area contributed by atoms with Crippen LogP contribution in [0, 0.1) is 5.82 Å². The number of carbonyl (C=O) groups is 2. The highest BCUT2D eigenvalue weighted by Gasteiger charge is 2.50. The summed E-state index contributed by atoms with van der Waals surface area (Å²) >= 11 is 5.82. The van der Waals surface area contributed by atoms with Crippen molar-refractivity contribution in [2.45, 2.75) is 18.9 Å². The Morgan fingerprint density at radius 3 is 2.95 bits per heavy atom. The largest absolute Gasteiger partial charge is 0.436 e. The van der Waals surface area contributed by atoms with Crippen molar-refractivity contribution in [1.29, 1.82) is 0 Å². The van der Waals surface area contributed by atoms with Gasteiger partial charge >= 0.3 is 6.09 Å². The van der Waals surface area contributed by atoms with Gasteiger partial charge in [0.25, 0.3) is 0 Å². The second-order valence-electron chi connectivity index (χ2n) is 4.98. The molecule has 2 heterocycles. The normalized spacial score (nSPS) is 24.4. The van der Waals surface area contributed by atoms with E-state index in [-0.39, 0.29) is 23.0 Å². The van der Waals surface area contributed by atoms with E-state index in [9.17, 15) is 14.0 Å². The first-order valence-corrected chi connectivity index (χ1v) is 6.55. The van der Waals surface area contributed by atoms with Crippen molar-refractivity contribution >= 4 is 29.3 Å². The van der Waals surface area contributed by atoms with Gasteiger partial charge in [0.1, 0.15) is 0 Å². The number of ether oxygens (including phenoxy) is 1. The summed E-state index contributed by atoms with van der Waals surface area (Å²) in [6, 6.07) is 2.92. The fourth-order valence-corrected chi connectivity index (χ4v) is 2.96. The van der Waals surface area contributed by atoms with Gasteiger partial charge in [0.2, 0.25) is 5.91 Å². The van der Waals surface area contributed by atoms with Crippen LogP contribution in [0.5, 0.6) is 0 Å². The standard InChI is InChI=1S/C13H12ClFN2O3/c1-7(18)17-5-4-13(6-17)10-9(16-12(19)20-13)3-2-8(14)11(10)15/h2-3H,4-6H2,1H3,(H,16,19). The van der Waals surface area contributed by atoms with Gasteiger partial charge in [0.05, 0.1) is 22.8 Å². The number of likely N-dealkylation sites (tertiary alicyclic amines) is 1. The van der Waals surface area contributed by atoms with Crippen molar-refractivity contribution in [2.24, 2.45) is 0 Å². The molecule has 1 aromatic rings. The number of nitrogens with zero attached hydrogens (tertiary/aromatic N) is 1. The topological polar surface area (TPSA) is 58.6 Å². The van der Waals surface area contributed by atoms with E-state index in [0.717, 1.165) is 0 Å². The molecule has 0 radical (unpaired) electrons. The minimum absolute atomic E-state index is 0.0378. The summed E-state index contributed by atoms with van der Waals surface area (Å²) in [6.45, 7) is 1.98. The summed E-state index contributed by atoms with van der Waals surface area (Å²) in [5, 5.41) is 2.42.